The standard InChI is InChI=1S/C12H16FNO2S/c13-11-6-1-2-7-12(11)17(15,16)9-10-5-3-4-8-14-10/h1-2,6-7,10,14H,3-5,8-9H2. The van der Waals surface area contributed by atoms with E-state index in [1.807, 2.05) is 0 Å². The van der Waals surface area contributed by atoms with Crippen LogP contribution in [0.1, 0.15) is 19.3 Å². The van der Waals surface area contributed by atoms with Crippen LogP contribution in [0.2, 0.25) is 0 Å². The Morgan fingerprint density at radius 1 is 1.29 bits per heavy atom. The molecule has 0 radical (unpaired) electrons. The van der Waals surface area contributed by atoms with E-state index in [0.29, 0.717) is 0 Å². The second-order valence-corrected chi connectivity index (χ2v) is 6.36. The molecule has 0 aliphatic carbocycles. The first kappa shape index (κ1) is 12.5. The lowest BCUT2D eigenvalue weighted by Gasteiger charge is -2.23. The van der Waals surface area contributed by atoms with Gasteiger partial charge in [-0.1, -0.05) is 18.6 Å². The molecule has 1 N–H and O–H groups in total. The summed E-state index contributed by atoms with van der Waals surface area (Å²) in [5.41, 5.74) is 0. The summed E-state index contributed by atoms with van der Waals surface area (Å²) in [6.45, 7) is 0.845. The maximum atomic E-state index is 13.4. The van der Waals surface area contributed by atoms with Gasteiger partial charge in [-0.2, -0.15) is 0 Å². The first-order valence-corrected chi connectivity index (χ1v) is 7.45. The summed E-state index contributed by atoms with van der Waals surface area (Å²) in [4.78, 5) is -0.188. The van der Waals surface area contributed by atoms with Crippen molar-refractivity contribution in [2.24, 2.45) is 0 Å². The van der Waals surface area contributed by atoms with Gasteiger partial charge in [0.1, 0.15) is 10.7 Å². The van der Waals surface area contributed by atoms with E-state index in [0.717, 1.165) is 25.8 Å². The average molecular weight is 257 g/mol. The van der Waals surface area contributed by atoms with E-state index in [9.17, 15) is 12.8 Å². The minimum absolute atomic E-state index is 0.0199. The van der Waals surface area contributed by atoms with Gasteiger partial charge in [0.2, 0.25) is 0 Å². The molecule has 5 heteroatoms. The van der Waals surface area contributed by atoms with Crippen molar-refractivity contribution in [1.29, 1.82) is 0 Å². The number of hydrogen-bond acceptors (Lipinski definition) is 3. The van der Waals surface area contributed by atoms with Crippen LogP contribution in [0.4, 0.5) is 4.39 Å². The molecule has 1 aromatic carbocycles. The number of piperidine rings is 1. The van der Waals surface area contributed by atoms with Gasteiger partial charge in [0.15, 0.2) is 9.84 Å². The molecule has 0 aromatic heterocycles. The summed E-state index contributed by atoms with van der Waals surface area (Å²) < 4.78 is 37.5. The summed E-state index contributed by atoms with van der Waals surface area (Å²) in [6, 6.07) is 5.50. The average Bonchev–Trinajstić information content (AvgIpc) is 2.30. The lowest BCUT2D eigenvalue weighted by atomic mass is 10.1. The largest absolute Gasteiger partial charge is 0.313 e. The summed E-state index contributed by atoms with van der Waals surface area (Å²) in [5, 5.41) is 3.16. The molecule has 3 nitrogen and oxygen atoms in total. The fraction of sp³-hybridized carbons (Fsp3) is 0.500. The van der Waals surface area contributed by atoms with Gasteiger partial charge in [-0.15, -0.1) is 0 Å². The molecule has 1 heterocycles. The van der Waals surface area contributed by atoms with Crippen LogP contribution in [0.5, 0.6) is 0 Å². The minimum Gasteiger partial charge on any atom is -0.313 e. The zero-order chi connectivity index (χ0) is 12.3. The summed E-state index contributed by atoms with van der Waals surface area (Å²) in [6.07, 6.45) is 2.95. The molecule has 1 fully saturated rings. The van der Waals surface area contributed by atoms with Crippen LogP contribution in [0.25, 0.3) is 0 Å². The third kappa shape index (κ3) is 3.04. The third-order valence-electron chi connectivity index (χ3n) is 3.00. The SMILES string of the molecule is O=S(=O)(CC1CCCCN1)c1ccccc1F. The third-order valence-corrected chi connectivity index (χ3v) is 4.85. The zero-order valence-electron chi connectivity index (χ0n) is 9.52. The Balaban J connectivity index is 2.16. The van der Waals surface area contributed by atoms with E-state index in [2.05, 4.69) is 5.32 Å². The highest BCUT2D eigenvalue weighted by atomic mass is 32.2. The lowest BCUT2D eigenvalue weighted by Crippen LogP contribution is -2.39. The van der Waals surface area contributed by atoms with Gasteiger partial charge in [0, 0.05) is 6.04 Å². The zero-order valence-corrected chi connectivity index (χ0v) is 10.3. The van der Waals surface area contributed by atoms with Gasteiger partial charge in [-0.05, 0) is 31.5 Å². The predicted molar refractivity (Wildman–Crippen MR) is 64.1 cm³/mol. The smallest absolute Gasteiger partial charge is 0.182 e. The molecular formula is C12H16FNO2S. The van der Waals surface area contributed by atoms with Crippen LogP contribution in [-0.4, -0.2) is 26.8 Å². The summed E-state index contributed by atoms with van der Waals surface area (Å²) in [5.74, 6) is -0.684. The maximum absolute atomic E-state index is 13.4. The molecule has 94 valence electrons. The molecular weight excluding hydrogens is 241 g/mol. The molecule has 0 amide bonds. The van der Waals surface area contributed by atoms with Crippen molar-refractivity contribution in [3.63, 3.8) is 0 Å². The highest BCUT2D eigenvalue weighted by molar-refractivity contribution is 7.91. The van der Waals surface area contributed by atoms with Crippen LogP contribution in [0.3, 0.4) is 0 Å². The van der Waals surface area contributed by atoms with Crippen LogP contribution in [0, 0.1) is 5.82 Å². The Morgan fingerprint density at radius 3 is 2.71 bits per heavy atom. The normalized spacial score (nSPS) is 21.4. The Bertz CT molecular complexity index is 481. The van der Waals surface area contributed by atoms with Crippen molar-refractivity contribution in [2.75, 3.05) is 12.3 Å². The van der Waals surface area contributed by atoms with Gasteiger partial charge in [0.25, 0.3) is 0 Å². The van der Waals surface area contributed by atoms with Gasteiger partial charge >= 0.3 is 0 Å². The van der Waals surface area contributed by atoms with Gasteiger partial charge in [0.05, 0.1) is 5.75 Å². The van der Waals surface area contributed by atoms with E-state index in [4.69, 9.17) is 0 Å². The maximum Gasteiger partial charge on any atom is 0.182 e. The molecule has 2 rings (SSSR count). The van der Waals surface area contributed by atoms with Crippen molar-refractivity contribution in [2.45, 2.75) is 30.2 Å². The summed E-state index contributed by atoms with van der Waals surface area (Å²) >= 11 is 0. The summed E-state index contributed by atoms with van der Waals surface area (Å²) in [7, 11) is -3.53. The van der Waals surface area contributed by atoms with Gasteiger partial charge in [-0.3, -0.25) is 0 Å². The van der Waals surface area contributed by atoms with Gasteiger partial charge < -0.3 is 5.32 Å². The Hall–Kier alpha value is -0.940. The van der Waals surface area contributed by atoms with E-state index in [-0.39, 0.29) is 16.7 Å². The van der Waals surface area contributed by atoms with Crippen molar-refractivity contribution in [3.8, 4) is 0 Å². The lowest BCUT2D eigenvalue weighted by molar-refractivity contribution is 0.423. The van der Waals surface area contributed by atoms with E-state index in [1.54, 1.807) is 6.07 Å². The fourth-order valence-electron chi connectivity index (χ4n) is 2.12. The van der Waals surface area contributed by atoms with Crippen molar-refractivity contribution >= 4 is 9.84 Å². The van der Waals surface area contributed by atoms with Crippen molar-refractivity contribution in [1.82, 2.24) is 5.32 Å². The van der Waals surface area contributed by atoms with Crippen molar-refractivity contribution < 1.29 is 12.8 Å². The van der Waals surface area contributed by atoms with Crippen LogP contribution in [0.15, 0.2) is 29.2 Å². The van der Waals surface area contributed by atoms with E-state index < -0.39 is 15.7 Å². The molecule has 0 spiro atoms. The van der Waals surface area contributed by atoms with Crippen LogP contribution in [-0.2, 0) is 9.84 Å². The number of benzene rings is 1. The Kier molecular flexibility index (Phi) is 3.79. The highest BCUT2D eigenvalue weighted by Crippen LogP contribution is 2.18. The first-order valence-electron chi connectivity index (χ1n) is 5.80. The Labute approximate surface area is 101 Å². The number of hydrogen-bond donors (Lipinski definition) is 1. The Morgan fingerprint density at radius 2 is 2.06 bits per heavy atom. The second kappa shape index (κ2) is 5.14. The quantitative estimate of drug-likeness (QED) is 0.897. The molecule has 0 saturated carbocycles. The molecule has 1 aliphatic rings. The van der Waals surface area contributed by atoms with Gasteiger partial charge in [-0.25, -0.2) is 12.8 Å². The topological polar surface area (TPSA) is 46.2 Å². The number of sulfone groups is 1. The number of nitrogens with one attached hydrogen (secondary N) is 1. The molecule has 1 unspecified atom stereocenters. The first-order chi connectivity index (χ1) is 8.09. The number of rotatable bonds is 3. The molecule has 1 aromatic rings. The molecule has 17 heavy (non-hydrogen) atoms. The van der Waals surface area contributed by atoms with Crippen LogP contribution < -0.4 is 5.32 Å². The molecule has 1 atom stereocenters. The molecule has 0 bridgehead atoms. The van der Waals surface area contributed by atoms with Crippen molar-refractivity contribution in [3.05, 3.63) is 30.1 Å². The predicted octanol–water partition coefficient (Wildman–Crippen LogP) is 1.74. The van der Waals surface area contributed by atoms with E-state index >= 15 is 0 Å². The second-order valence-electron chi connectivity index (χ2n) is 4.36. The molecule has 1 aliphatic heterocycles. The highest BCUT2D eigenvalue weighted by Gasteiger charge is 2.24. The van der Waals surface area contributed by atoms with Crippen LogP contribution >= 0.6 is 0 Å². The molecule has 1 saturated heterocycles. The number of halogens is 1. The monoisotopic (exact) mass is 257 g/mol. The fourth-order valence-corrected chi connectivity index (χ4v) is 3.76. The minimum atomic E-state index is -3.53. The van der Waals surface area contributed by atoms with E-state index in [1.165, 1.54) is 18.2 Å².